The van der Waals surface area contributed by atoms with Gasteiger partial charge < -0.3 is 28.8 Å². The normalized spacial score (nSPS) is 17.8. The van der Waals surface area contributed by atoms with Crippen LogP contribution in [0.2, 0.25) is 0 Å². The van der Waals surface area contributed by atoms with Gasteiger partial charge in [-0.3, -0.25) is 14.5 Å². The highest BCUT2D eigenvalue weighted by Crippen LogP contribution is 2.39. The summed E-state index contributed by atoms with van der Waals surface area (Å²) in [4.78, 5) is 31.7. The molecular formula is C29H31N3O6. The molecule has 2 aliphatic heterocycles. The van der Waals surface area contributed by atoms with Gasteiger partial charge in [0.2, 0.25) is 12.7 Å². The third kappa shape index (κ3) is 4.93. The van der Waals surface area contributed by atoms with Gasteiger partial charge in [-0.25, -0.2) is 0 Å². The number of benzene rings is 2. The molecule has 0 radical (unpaired) electrons. The first-order chi connectivity index (χ1) is 18.7. The second-order valence-corrected chi connectivity index (χ2v) is 9.77. The van der Waals surface area contributed by atoms with Crippen molar-refractivity contribution in [2.45, 2.75) is 37.8 Å². The number of fused-ring (bicyclic) bond motifs is 1. The van der Waals surface area contributed by atoms with Crippen LogP contribution >= 0.6 is 0 Å². The number of hydrogen-bond donors (Lipinski definition) is 1. The van der Waals surface area contributed by atoms with Crippen LogP contribution in [0.15, 0.2) is 65.3 Å². The molecule has 2 fully saturated rings. The Hall–Kier alpha value is -3.98. The number of ether oxygens (including phenoxy) is 3. The topological polar surface area (TPSA) is 93.5 Å². The van der Waals surface area contributed by atoms with Crippen LogP contribution in [0.25, 0.3) is 0 Å². The van der Waals surface area contributed by atoms with E-state index in [0.29, 0.717) is 36.0 Å². The van der Waals surface area contributed by atoms with E-state index in [2.05, 4.69) is 10.2 Å². The van der Waals surface area contributed by atoms with Crippen molar-refractivity contribution in [3.63, 3.8) is 0 Å². The van der Waals surface area contributed by atoms with Gasteiger partial charge >= 0.3 is 0 Å². The smallest absolute Gasteiger partial charge is 0.294 e. The average molecular weight is 518 g/mol. The molecule has 1 N–H and O–H groups in total. The monoisotopic (exact) mass is 517 g/mol. The van der Waals surface area contributed by atoms with Gasteiger partial charge in [0.25, 0.3) is 5.91 Å². The van der Waals surface area contributed by atoms with Crippen LogP contribution in [0.3, 0.4) is 0 Å². The molecule has 1 atom stereocenters. The second kappa shape index (κ2) is 10.8. The molecule has 38 heavy (non-hydrogen) atoms. The Labute approximate surface area is 221 Å². The van der Waals surface area contributed by atoms with E-state index >= 15 is 0 Å². The summed E-state index contributed by atoms with van der Waals surface area (Å²) in [7, 11) is 0. The highest BCUT2D eigenvalue weighted by Gasteiger charge is 2.36. The summed E-state index contributed by atoms with van der Waals surface area (Å²) in [6.45, 7) is 3.10. The molecule has 6 rings (SSSR count). The molecule has 0 unspecified atom stereocenters. The number of anilines is 2. The lowest BCUT2D eigenvalue weighted by atomic mass is 10.0. The molecule has 3 heterocycles. The van der Waals surface area contributed by atoms with Gasteiger partial charge in [-0.05, 0) is 54.8 Å². The zero-order chi connectivity index (χ0) is 25.9. The number of furan rings is 1. The molecule has 1 saturated carbocycles. The lowest BCUT2D eigenvalue weighted by molar-refractivity contribution is -0.123. The van der Waals surface area contributed by atoms with Crippen LogP contribution in [-0.2, 0) is 9.53 Å². The standard InChI is InChI=1S/C29H31N3O6/c33-28(30-21-4-1-2-5-21)27(20-7-9-22(10-8-20)31-13-16-35-17-14-31)32(29(34)25-6-3-15-36-25)23-11-12-24-26(18-23)38-19-37-24/h3,6-12,15,18,21,27H,1-2,4-5,13-14,16-17,19H2,(H,30,33)/t27-/m0/s1. The number of amides is 2. The second-order valence-electron chi connectivity index (χ2n) is 9.77. The SMILES string of the molecule is O=C(NC1CCCC1)[C@H](c1ccc(N2CCOCC2)cc1)N(C(=O)c1ccco1)c1ccc2c(c1)OCO2. The maximum absolute atomic E-state index is 14.0. The molecule has 3 aliphatic rings. The van der Waals surface area contributed by atoms with Crippen LogP contribution in [0, 0.1) is 0 Å². The Morgan fingerprint density at radius 3 is 2.45 bits per heavy atom. The van der Waals surface area contributed by atoms with Crippen molar-refractivity contribution in [2.24, 2.45) is 0 Å². The summed E-state index contributed by atoms with van der Waals surface area (Å²) in [5, 5.41) is 3.21. The van der Waals surface area contributed by atoms with E-state index in [1.165, 1.54) is 11.2 Å². The minimum atomic E-state index is -0.924. The first-order valence-electron chi connectivity index (χ1n) is 13.2. The van der Waals surface area contributed by atoms with Crippen LogP contribution in [0.4, 0.5) is 11.4 Å². The minimum Gasteiger partial charge on any atom is -0.459 e. The molecule has 9 heteroatoms. The molecule has 1 aliphatic carbocycles. The number of rotatable bonds is 7. The van der Waals surface area contributed by atoms with E-state index in [0.717, 1.165) is 44.5 Å². The molecule has 1 saturated heterocycles. The maximum atomic E-state index is 14.0. The number of hydrogen-bond acceptors (Lipinski definition) is 7. The number of carbonyl (C=O) groups is 2. The summed E-state index contributed by atoms with van der Waals surface area (Å²) < 4.78 is 22.1. The van der Waals surface area contributed by atoms with E-state index < -0.39 is 11.9 Å². The first-order valence-corrected chi connectivity index (χ1v) is 13.2. The maximum Gasteiger partial charge on any atom is 0.294 e. The van der Waals surface area contributed by atoms with Crippen LogP contribution in [-0.4, -0.2) is 51.0 Å². The summed E-state index contributed by atoms with van der Waals surface area (Å²) in [5.74, 6) is 0.621. The van der Waals surface area contributed by atoms with Crippen LogP contribution in [0.5, 0.6) is 11.5 Å². The summed E-state index contributed by atoms with van der Waals surface area (Å²) in [6.07, 6.45) is 5.49. The van der Waals surface area contributed by atoms with E-state index in [-0.39, 0.29) is 24.5 Å². The van der Waals surface area contributed by atoms with Crippen LogP contribution in [0.1, 0.15) is 47.8 Å². The largest absolute Gasteiger partial charge is 0.459 e. The van der Waals surface area contributed by atoms with Crippen molar-refractivity contribution in [1.29, 1.82) is 0 Å². The van der Waals surface area contributed by atoms with E-state index in [1.54, 1.807) is 30.3 Å². The third-order valence-electron chi connectivity index (χ3n) is 7.38. The van der Waals surface area contributed by atoms with Gasteiger partial charge in [0.05, 0.1) is 19.5 Å². The number of nitrogens with zero attached hydrogens (tertiary/aromatic N) is 2. The molecule has 0 spiro atoms. The molecule has 9 nitrogen and oxygen atoms in total. The Kier molecular flexibility index (Phi) is 6.92. The van der Waals surface area contributed by atoms with Gasteiger partial charge in [-0.15, -0.1) is 0 Å². The fourth-order valence-electron chi connectivity index (χ4n) is 5.39. The summed E-state index contributed by atoms with van der Waals surface area (Å²) in [6, 6.07) is 15.6. The highest BCUT2D eigenvalue weighted by atomic mass is 16.7. The Balaban J connectivity index is 1.41. The van der Waals surface area contributed by atoms with Gasteiger partial charge in [-0.1, -0.05) is 25.0 Å². The lowest BCUT2D eigenvalue weighted by Crippen LogP contribution is -2.46. The van der Waals surface area contributed by atoms with E-state index in [4.69, 9.17) is 18.6 Å². The van der Waals surface area contributed by atoms with Gasteiger partial charge in [0.15, 0.2) is 17.3 Å². The summed E-state index contributed by atoms with van der Waals surface area (Å²) >= 11 is 0. The minimum absolute atomic E-state index is 0.0925. The van der Waals surface area contributed by atoms with Crippen molar-refractivity contribution in [2.75, 3.05) is 42.9 Å². The molecule has 198 valence electrons. The number of morpholine rings is 1. The van der Waals surface area contributed by atoms with Crippen molar-refractivity contribution in [3.8, 4) is 11.5 Å². The fraction of sp³-hybridized carbons (Fsp3) is 0.379. The van der Waals surface area contributed by atoms with Gasteiger partial charge in [0.1, 0.15) is 6.04 Å². The highest BCUT2D eigenvalue weighted by molar-refractivity contribution is 6.09. The predicted octanol–water partition coefficient (Wildman–Crippen LogP) is 4.29. The molecule has 2 amide bonds. The fourth-order valence-corrected chi connectivity index (χ4v) is 5.39. The van der Waals surface area contributed by atoms with E-state index in [9.17, 15) is 9.59 Å². The van der Waals surface area contributed by atoms with Crippen molar-refractivity contribution >= 4 is 23.2 Å². The zero-order valence-corrected chi connectivity index (χ0v) is 21.1. The van der Waals surface area contributed by atoms with Crippen LogP contribution < -0.4 is 24.6 Å². The lowest BCUT2D eigenvalue weighted by Gasteiger charge is -2.33. The molecule has 2 aromatic carbocycles. The zero-order valence-electron chi connectivity index (χ0n) is 21.1. The quantitative estimate of drug-likeness (QED) is 0.500. The molecular weight excluding hydrogens is 486 g/mol. The molecule has 3 aromatic rings. The first kappa shape index (κ1) is 24.4. The third-order valence-corrected chi connectivity index (χ3v) is 7.38. The molecule has 1 aromatic heterocycles. The number of nitrogens with one attached hydrogen (secondary N) is 1. The van der Waals surface area contributed by atoms with Gasteiger partial charge in [0, 0.05) is 36.6 Å². The van der Waals surface area contributed by atoms with Crippen molar-refractivity contribution in [1.82, 2.24) is 5.32 Å². The Bertz CT molecular complexity index is 1260. The summed E-state index contributed by atoms with van der Waals surface area (Å²) in [5.41, 5.74) is 2.27. The predicted molar refractivity (Wildman–Crippen MR) is 141 cm³/mol. The Morgan fingerprint density at radius 1 is 0.947 bits per heavy atom. The van der Waals surface area contributed by atoms with E-state index in [1.807, 2.05) is 24.3 Å². The molecule has 0 bridgehead atoms. The van der Waals surface area contributed by atoms with Gasteiger partial charge in [-0.2, -0.15) is 0 Å². The van der Waals surface area contributed by atoms with Crippen molar-refractivity contribution in [3.05, 3.63) is 72.2 Å². The van der Waals surface area contributed by atoms with Crippen molar-refractivity contribution < 1.29 is 28.2 Å². The Morgan fingerprint density at radius 2 is 1.71 bits per heavy atom. The average Bonchev–Trinajstić information content (AvgIpc) is 3.75. The number of carbonyl (C=O) groups excluding carboxylic acids is 2.